The lowest BCUT2D eigenvalue weighted by molar-refractivity contribution is -0.142. The molecule has 88 valence electrons. The minimum atomic E-state index is -0.356. The Kier molecular flexibility index (Phi) is 4.24. The molecule has 4 nitrogen and oxygen atoms in total. The monoisotopic (exact) mass is 242 g/mol. The highest BCUT2D eigenvalue weighted by Gasteiger charge is 2.13. The van der Waals surface area contributed by atoms with Crippen LogP contribution in [0.2, 0.25) is 5.15 Å². The average Bonchev–Trinajstić information content (AvgIpc) is 2.12. The predicted octanol–water partition coefficient (Wildman–Crippen LogP) is 2.62. The topological polar surface area (TPSA) is 52.1 Å². The maximum Gasteiger partial charge on any atom is 0.303 e. The number of rotatable bonds is 3. The maximum atomic E-state index is 10.7. The molecule has 0 radical (unpaired) electrons. The third-order valence-corrected chi connectivity index (χ3v) is 2.41. The molecule has 0 atom stereocenters. The van der Waals surface area contributed by atoms with Gasteiger partial charge in [-0.15, -0.1) is 0 Å². The summed E-state index contributed by atoms with van der Waals surface area (Å²) in [6.07, 6.45) is 0. The van der Waals surface area contributed by atoms with E-state index in [9.17, 15) is 4.79 Å². The molecule has 0 saturated carbocycles. The quantitative estimate of drug-likeness (QED) is 0.604. The van der Waals surface area contributed by atoms with E-state index in [1.54, 1.807) is 0 Å². The van der Waals surface area contributed by atoms with E-state index < -0.39 is 0 Å². The molecule has 1 aromatic heterocycles. The van der Waals surface area contributed by atoms with Gasteiger partial charge in [-0.05, 0) is 12.8 Å². The van der Waals surface area contributed by atoms with Gasteiger partial charge in [0.2, 0.25) is 0 Å². The first-order valence-electron chi connectivity index (χ1n) is 5.08. The Bertz CT molecular complexity index is 382. The Morgan fingerprint density at radius 1 is 1.44 bits per heavy atom. The molecule has 0 amide bonds. The summed E-state index contributed by atoms with van der Waals surface area (Å²) < 4.78 is 4.82. The Balaban J connectivity index is 2.96. The van der Waals surface area contributed by atoms with Crippen molar-refractivity contribution in [1.29, 1.82) is 0 Å². The van der Waals surface area contributed by atoms with Gasteiger partial charge in [-0.3, -0.25) is 4.79 Å². The molecule has 1 heterocycles. The second-order valence-electron chi connectivity index (χ2n) is 3.86. The summed E-state index contributed by atoms with van der Waals surface area (Å²) in [7, 11) is 0. The van der Waals surface area contributed by atoms with Crippen LogP contribution in [0.15, 0.2) is 0 Å². The zero-order valence-electron chi connectivity index (χ0n) is 9.87. The van der Waals surface area contributed by atoms with Crippen molar-refractivity contribution in [3.05, 3.63) is 22.2 Å². The third-order valence-electron chi connectivity index (χ3n) is 2.12. The van der Waals surface area contributed by atoms with Crippen LogP contribution in [0, 0.1) is 6.92 Å². The molecule has 0 bridgehead atoms. The number of hydrogen-bond acceptors (Lipinski definition) is 4. The van der Waals surface area contributed by atoms with E-state index in [2.05, 4.69) is 9.97 Å². The highest BCUT2D eigenvalue weighted by atomic mass is 35.5. The van der Waals surface area contributed by atoms with Crippen LogP contribution in [0.3, 0.4) is 0 Å². The van der Waals surface area contributed by atoms with Gasteiger partial charge in [-0.1, -0.05) is 25.4 Å². The van der Waals surface area contributed by atoms with E-state index >= 15 is 0 Å². The highest BCUT2D eigenvalue weighted by molar-refractivity contribution is 6.30. The summed E-state index contributed by atoms with van der Waals surface area (Å²) >= 11 is 6.05. The van der Waals surface area contributed by atoms with Crippen molar-refractivity contribution >= 4 is 17.6 Å². The molecule has 16 heavy (non-hydrogen) atoms. The standard InChI is InChI=1S/C11H15ClN2O2/c1-6(2)10-7(3)13-9(14-11(10)12)5-16-8(4)15/h6H,5H2,1-4H3. The van der Waals surface area contributed by atoms with Crippen LogP contribution >= 0.6 is 11.6 Å². The van der Waals surface area contributed by atoms with Crippen molar-refractivity contribution in [3.63, 3.8) is 0 Å². The number of carbonyl (C=O) groups is 1. The largest absolute Gasteiger partial charge is 0.458 e. The zero-order valence-corrected chi connectivity index (χ0v) is 10.6. The average molecular weight is 243 g/mol. The molecule has 0 unspecified atom stereocenters. The first-order chi connectivity index (χ1) is 7.41. The molecular weight excluding hydrogens is 228 g/mol. The molecule has 0 saturated heterocycles. The first-order valence-corrected chi connectivity index (χ1v) is 5.46. The van der Waals surface area contributed by atoms with Crippen molar-refractivity contribution in [3.8, 4) is 0 Å². The van der Waals surface area contributed by atoms with Crippen molar-refractivity contribution < 1.29 is 9.53 Å². The van der Waals surface area contributed by atoms with Crippen LogP contribution in [0.25, 0.3) is 0 Å². The van der Waals surface area contributed by atoms with Crippen molar-refractivity contribution in [2.45, 2.75) is 40.2 Å². The van der Waals surface area contributed by atoms with Crippen LogP contribution in [0.4, 0.5) is 0 Å². The number of aromatic nitrogens is 2. The molecule has 0 N–H and O–H groups in total. The van der Waals surface area contributed by atoms with Gasteiger partial charge in [0.25, 0.3) is 0 Å². The van der Waals surface area contributed by atoms with Gasteiger partial charge in [0.1, 0.15) is 5.15 Å². The molecule has 0 aliphatic carbocycles. The van der Waals surface area contributed by atoms with Gasteiger partial charge in [-0.2, -0.15) is 0 Å². The number of carbonyl (C=O) groups excluding carboxylic acids is 1. The normalized spacial score (nSPS) is 10.6. The summed E-state index contributed by atoms with van der Waals surface area (Å²) in [6.45, 7) is 7.35. The van der Waals surface area contributed by atoms with Crippen LogP contribution < -0.4 is 0 Å². The number of nitrogens with zero attached hydrogens (tertiary/aromatic N) is 2. The van der Waals surface area contributed by atoms with Crippen LogP contribution in [0.5, 0.6) is 0 Å². The maximum absolute atomic E-state index is 10.7. The lowest BCUT2D eigenvalue weighted by atomic mass is 10.0. The Hall–Kier alpha value is -1.16. The van der Waals surface area contributed by atoms with Crippen molar-refractivity contribution in [1.82, 2.24) is 9.97 Å². The summed E-state index contributed by atoms with van der Waals surface area (Å²) in [5.41, 5.74) is 1.77. The van der Waals surface area contributed by atoms with Gasteiger partial charge in [-0.25, -0.2) is 9.97 Å². The number of hydrogen-bond donors (Lipinski definition) is 0. The van der Waals surface area contributed by atoms with E-state index in [4.69, 9.17) is 16.3 Å². The molecule has 0 spiro atoms. The molecule has 0 aliphatic heterocycles. The lowest BCUT2D eigenvalue weighted by Gasteiger charge is -2.12. The van der Waals surface area contributed by atoms with E-state index in [0.29, 0.717) is 11.0 Å². The smallest absolute Gasteiger partial charge is 0.303 e. The minimum Gasteiger partial charge on any atom is -0.458 e. The van der Waals surface area contributed by atoms with Crippen LogP contribution in [-0.4, -0.2) is 15.9 Å². The third kappa shape index (κ3) is 3.17. The van der Waals surface area contributed by atoms with Gasteiger partial charge < -0.3 is 4.74 Å². The van der Waals surface area contributed by atoms with Gasteiger partial charge in [0.05, 0.1) is 0 Å². The molecule has 0 aliphatic rings. The highest BCUT2D eigenvalue weighted by Crippen LogP contribution is 2.24. The zero-order chi connectivity index (χ0) is 12.3. The SMILES string of the molecule is CC(=O)OCc1nc(C)c(C(C)C)c(Cl)n1. The minimum absolute atomic E-state index is 0.0638. The van der Waals surface area contributed by atoms with E-state index in [1.165, 1.54) is 6.92 Å². The van der Waals surface area contributed by atoms with Crippen LogP contribution in [0.1, 0.15) is 43.8 Å². The van der Waals surface area contributed by atoms with Gasteiger partial charge in [0.15, 0.2) is 12.4 Å². The molecular formula is C11H15ClN2O2. The fourth-order valence-electron chi connectivity index (χ4n) is 1.49. The van der Waals surface area contributed by atoms with E-state index in [-0.39, 0.29) is 18.5 Å². The second-order valence-corrected chi connectivity index (χ2v) is 4.22. The number of aryl methyl sites for hydroxylation is 1. The van der Waals surface area contributed by atoms with E-state index in [1.807, 2.05) is 20.8 Å². The fraction of sp³-hybridized carbons (Fsp3) is 0.545. The summed E-state index contributed by atoms with van der Waals surface area (Å²) in [4.78, 5) is 19.0. The summed E-state index contributed by atoms with van der Waals surface area (Å²) in [6, 6.07) is 0. The Morgan fingerprint density at radius 3 is 2.50 bits per heavy atom. The molecule has 0 fully saturated rings. The van der Waals surface area contributed by atoms with Crippen LogP contribution in [-0.2, 0) is 16.1 Å². The molecule has 5 heteroatoms. The molecule has 0 aromatic carbocycles. The summed E-state index contributed by atoms with van der Waals surface area (Å²) in [5.74, 6) is 0.350. The fourth-order valence-corrected chi connectivity index (χ4v) is 1.94. The first kappa shape index (κ1) is 12.9. The Labute approximate surface area is 100 Å². The van der Waals surface area contributed by atoms with E-state index in [0.717, 1.165) is 11.3 Å². The predicted molar refractivity (Wildman–Crippen MR) is 61.3 cm³/mol. The number of ether oxygens (including phenoxy) is 1. The van der Waals surface area contributed by atoms with Crippen molar-refractivity contribution in [2.24, 2.45) is 0 Å². The Morgan fingerprint density at radius 2 is 2.06 bits per heavy atom. The van der Waals surface area contributed by atoms with Gasteiger partial charge >= 0.3 is 5.97 Å². The number of esters is 1. The van der Waals surface area contributed by atoms with Gasteiger partial charge in [0, 0.05) is 18.2 Å². The second kappa shape index (κ2) is 5.25. The molecule has 1 rings (SSSR count). The lowest BCUT2D eigenvalue weighted by Crippen LogP contribution is -2.07. The summed E-state index contributed by atoms with van der Waals surface area (Å²) in [5, 5.41) is 0.435. The number of halogens is 1. The van der Waals surface area contributed by atoms with Crippen molar-refractivity contribution in [2.75, 3.05) is 0 Å². The molecule has 1 aromatic rings.